The molecule has 3 N–H and O–H groups in total. The number of carbonyl (C=O) groups is 1. The summed E-state index contributed by atoms with van der Waals surface area (Å²) >= 11 is 7.82. The van der Waals surface area contributed by atoms with E-state index in [2.05, 4.69) is 15.3 Å². The summed E-state index contributed by atoms with van der Waals surface area (Å²) < 4.78 is 5.75. The number of nitrogens with zero attached hydrogens (tertiary/aromatic N) is 2. The number of carbonyl (C=O) groups excluding carboxylic acids is 1. The first-order valence-electron chi connectivity index (χ1n) is 8.10. The van der Waals surface area contributed by atoms with Crippen LogP contribution < -0.4 is 10.1 Å². The Morgan fingerprint density at radius 2 is 2.31 bits per heavy atom. The molecule has 0 saturated carbocycles. The standard InChI is InChI=1S/C17H17ClN4O3S/c18-14-2-10-1-11(4-19-17(24)22-5-13(23)6-22)21-15(10)3-16(14)25-7-12-8-26-9-20-12/h1-3,8-9,13,21,23H,4-7H2,(H,19,24). The monoisotopic (exact) mass is 392 g/mol. The molecule has 0 spiro atoms. The number of likely N-dealkylation sites (tertiary alicyclic amines) is 1. The van der Waals surface area contributed by atoms with Gasteiger partial charge < -0.3 is 25.0 Å². The van der Waals surface area contributed by atoms with Gasteiger partial charge in [-0.1, -0.05) is 11.6 Å². The van der Waals surface area contributed by atoms with Crippen LogP contribution in [0.25, 0.3) is 10.9 Å². The Kier molecular flexibility index (Phi) is 4.71. The highest BCUT2D eigenvalue weighted by molar-refractivity contribution is 7.07. The number of rotatable bonds is 5. The number of aromatic amines is 1. The van der Waals surface area contributed by atoms with Crippen LogP contribution in [0.5, 0.6) is 5.75 Å². The highest BCUT2D eigenvalue weighted by atomic mass is 35.5. The van der Waals surface area contributed by atoms with E-state index in [4.69, 9.17) is 16.3 Å². The number of aliphatic hydroxyl groups is 1. The van der Waals surface area contributed by atoms with Crippen molar-refractivity contribution in [2.24, 2.45) is 0 Å². The molecule has 1 aliphatic heterocycles. The van der Waals surface area contributed by atoms with Crippen molar-refractivity contribution in [3.8, 4) is 5.75 Å². The molecule has 0 unspecified atom stereocenters. The lowest BCUT2D eigenvalue weighted by atomic mass is 10.2. The first kappa shape index (κ1) is 17.1. The molecule has 2 aromatic heterocycles. The van der Waals surface area contributed by atoms with Crippen LogP contribution in [0.2, 0.25) is 5.02 Å². The molecule has 1 aromatic carbocycles. The van der Waals surface area contributed by atoms with Crippen LogP contribution in [-0.2, 0) is 13.2 Å². The molecule has 0 aliphatic carbocycles. The fourth-order valence-corrected chi connectivity index (χ4v) is 3.53. The summed E-state index contributed by atoms with van der Waals surface area (Å²) in [6.07, 6.45) is -0.404. The predicted molar refractivity (Wildman–Crippen MR) is 99.6 cm³/mol. The minimum Gasteiger partial charge on any atom is -0.486 e. The lowest BCUT2D eigenvalue weighted by Gasteiger charge is -2.35. The van der Waals surface area contributed by atoms with Gasteiger partial charge in [0, 0.05) is 28.0 Å². The maximum absolute atomic E-state index is 11.9. The number of urea groups is 1. The second-order valence-electron chi connectivity index (χ2n) is 6.15. The van der Waals surface area contributed by atoms with Crippen molar-refractivity contribution < 1.29 is 14.6 Å². The summed E-state index contributed by atoms with van der Waals surface area (Å²) in [6.45, 7) is 1.49. The number of nitrogens with one attached hydrogen (secondary N) is 2. The lowest BCUT2D eigenvalue weighted by molar-refractivity contribution is 0.0265. The maximum Gasteiger partial charge on any atom is 0.317 e. The number of amides is 2. The zero-order valence-corrected chi connectivity index (χ0v) is 15.3. The molecular formula is C17H17ClN4O3S. The summed E-state index contributed by atoms with van der Waals surface area (Å²) in [5.41, 5.74) is 4.36. The van der Waals surface area contributed by atoms with E-state index in [1.165, 1.54) is 11.3 Å². The molecule has 1 aliphatic rings. The van der Waals surface area contributed by atoms with E-state index in [0.717, 1.165) is 22.3 Å². The number of ether oxygens (including phenoxy) is 1. The molecule has 0 bridgehead atoms. The Morgan fingerprint density at radius 1 is 1.46 bits per heavy atom. The van der Waals surface area contributed by atoms with Gasteiger partial charge in [0.1, 0.15) is 12.4 Å². The van der Waals surface area contributed by atoms with Crippen LogP contribution in [0.4, 0.5) is 4.79 Å². The van der Waals surface area contributed by atoms with Crippen LogP contribution in [0.3, 0.4) is 0 Å². The first-order chi connectivity index (χ1) is 12.6. The van der Waals surface area contributed by atoms with Crippen LogP contribution in [-0.4, -0.2) is 45.2 Å². The zero-order valence-electron chi connectivity index (χ0n) is 13.7. The number of thiazole rings is 1. The van der Waals surface area contributed by atoms with E-state index in [-0.39, 0.29) is 6.03 Å². The fourth-order valence-electron chi connectivity index (χ4n) is 2.76. The van der Waals surface area contributed by atoms with Gasteiger partial charge in [-0.15, -0.1) is 11.3 Å². The van der Waals surface area contributed by atoms with Crippen molar-refractivity contribution in [3.63, 3.8) is 0 Å². The molecule has 136 valence electrons. The summed E-state index contributed by atoms with van der Waals surface area (Å²) in [5, 5.41) is 15.5. The van der Waals surface area contributed by atoms with Gasteiger partial charge in [0.05, 0.1) is 42.0 Å². The number of halogens is 1. The maximum atomic E-state index is 11.9. The van der Waals surface area contributed by atoms with Crippen LogP contribution in [0.1, 0.15) is 11.4 Å². The summed E-state index contributed by atoms with van der Waals surface area (Å²) in [4.78, 5) is 20.9. The third-order valence-corrected chi connectivity index (χ3v) is 5.10. The molecule has 1 saturated heterocycles. The van der Waals surface area contributed by atoms with Crippen LogP contribution in [0, 0.1) is 0 Å². The number of H-pyrrole nitrogens is 1. The van der Waals surface area contributed by atoms with Gasteiger partial charge in [0.15, 0.2) is 0 Å². The summed E-state index contributed by atoms with van der Waals surface area (Å²) in [5.74, 6) is 0.583. The lowest BCUT2D eigenvalue weighted by Crippen LogP contribution is -2.56. The number of β-amino-alcohol motifs (C(OH)–C–C–N with tert-alkyl or cyclic N) is 1. The number of hydrogen-bond acceptors (Lipinski definition) is 5. The number of aliphatic hydroxyl groups excluding tert-OH is 1. The van der Waals surface area contributed by atoms with Crippen molar-refractivity contribution in [1.82, 2.24) is 20.2 Å². The number of aromatic nitrogens is 2. The van der Waals surface area contributed by atoms with Gasteiger partial charge in [-0.25, -0.2) is 9.78 Å². The molecule has 1 fully saturated rings. The molecular weight excluding hydrogens is 376 g/mol. The Hall–Kier alpha value is -2.29. The summed E-state index contributed by atoms with van der Waals surface area (Å²) in [6, 6.07) is 5.44. The second kappa shape index (κ2) is 7.14. The Bertz CT molecular complexity index is 922. The van der Waals surface area contributed by atoms with Gasteiger partial charge in [-0.05, 0) is 12.1 Å². The van der Waals surface area contributed by atoms with E-state index >= 15 is 0 Å². The predicted octanol–water partition coefficient (Wildman–Crippen LogP) is 2.74. The number of fused-ring (bicyclic) bond motifs is 1. The minimum atomic E-state index is -0.404. The first-order valence-corrected chi connectivity index (χ1v) is 9.42. The highest BCUT2D eigenvalue weighted by Gasteiger charge is 2.28. The number of benzene rings is 1. The average molecular weight is 393 g/mol. The van der Waals surface area contributed by atoms with E-state index in [0.29, 0.717) is 37.0 Å². The Balaban J connectivity index is 1.42. The quantitative estimate of drug-likeness (QED) is 0.622. The van der Waals surface area contributed by atoms with Gasteiger partial charge in [0.25, 0.3) is 0 Å². The van der Waals surface area contributed by atoms with E-state index in [1.807, 2.05) is 23.6 Å². The molecule has 4 rings (SSSR count). The van der Waals surface area contributed by atoms with E-state index in [9.17, 15) is 9.90 Å². The highest BCUT2D eigenvalue weighted by Crippen LogP contribution is 2.31. The third-order valence-electron chi connectivity index (χ3n) is 4.17. The molecule has 9 heteroatoms. The molecule has 26 heavy (non-hydrogen) atoms. The molecule has 0 atom stereocenters. The molecule has 7 nitrogen and oxygen atoms in total. The van der Waals surface area contributed by atoms with Gasteiger partial charge >= 0.3 is 6.03 Å². The minimum absolute atomic E-state index is 0.181. The van der Waals surface area contributed by atoms with Crippen molar-refractivity contribution in [2.75, 3.05) is 13.1 Å². The van der Waals surface area contributed by atoms with Crippen molar-refractivity contribution in [2.45, 2.75) is 19.3 Å². The second-order valence-corrected chi connectivity index (χ2v) is 7.28. The van der Waals surface area contributed by atoms with Crippen LogP contribution >= 0.6 is 22.9 Å². The van der Waals surface area contributed by atoms with E-state index < -0.39 is 6.10 Å². The van der Waals surface area contributed by atoms with Crippen molar-refractivity contribution >= 4 is 39.9 Å². The van der Waals surface area contributed by atoms with Crippen molar-refractivity contribution in [3.05, 3.63) is 45.5 Å². The fraction of sp³-hybridized carbons (Fsp3) is 0.294. The Labute approximate surface area is 158 Å². The molecule has 3 aromatic rings. The van der Waals surface area contributed by atoms with Gasteiger partial charge in [-0.3, -0.25) is 0 Å². The van der Waals surface area contributed by atoms with Gasteiger partial charge in [0.2, 0.25) is 0 Å². The SMILES string of the molecule is O=C(NCc1cc2cc(Cl)c(OCc3cscn3)cc2[nH]1)N1CC(O)C1. The van der Waals surface area contributed by atoms with E-state index in [1.54, 1.807) is 10.4 Å². The largest absolute Gasteiger partial charge is 0.486 e. The smallest absolute Gasteiger partial charge is 0.317 e. The van der Waals surface area contributed by atoms with Crippen molar-refractivity contribution in [1.29, 1.82) is 0 Å². The molecule has 0 radical (unpaired) electrons. The average Bonchev–Trinajstić information content (AvgIpc) is 3.23. The normalized spacial score (nSPS) is 14.5. The topological polar surface area (TPSA) is 90.5 Å². The molecule has 3 heterocycles. The molecule has 2 amide bonds. The zero-order chi connectivity index (χ0) is 18.1. The van der Waals surface area contributed by atoms with Gasteiger partial charge in [-0.2, -0.15) is 0 Å². The Morgan fingerprint density at radius 3 is 3.04 bits per heavy atom. The summed E-state index contributed by atoms with van der Waals surface area (Å²) in [7, 11) is 0. The number of hydrogen-bond donors (Lipinski definition) is 3. The third kappa shape index (κ3) is 3.62. The van der Waals surface area contributed by atoms with Crippen LogP contribution in [0.15, 0.2) is 29.1 Å².